The van der Waals surface area contributed by atoms with Gasteiger partial charge in [-0.25, -0.2) is 4.98 Å². The summed E-state index contributed by atoms with van der Waals surface area (Å²) in [6.07, 6.45) is 2.76. The van der Waals surface area contributed by atoms with E-state index in [-0.39, 0.29) is 23.7 Å². The lowest BCUT2D eigenvalue weighted by molar-refractivity contribution is -0.130. The van der Waals surface area contributed by atoms with E-state index >= 15 is 0 Å². The fourth-order valence-electron chi connectivity index (χ4n) is 3.15. The van der Waals surface area contributed by atoms with Crippen molar-refractivity contribution in [3.63, 3.8) is 0 Å². The summed E-state index contributed by atoms with van der Waals surface area (Å²) in [4.78, 5) is 28.8. The zero-order valence-electron chi connectivity index (χ0n) is 14.9. The molecule has 0 aliphatic carbocycles. The number of nitrogens with zero attached hydrogens (tertiary/aromatic N) is 2. The van der Waals surface area contributed by atoms with Gasteiger partial charge >= 0.3 is 0 Å². The number of fused-ring (bicyclic) bond motifs is 1. The second-order valence-electron chi connectivity index (χ2n) is 6.44. The first-order valence-corrected chi connectivity index (χ1v) is 8.81. The van der Waals surface area contributed by atoms with Gasteiger partial charge < -0.3 is 24.4 Å². The minimum atomic E-state index is -0.358. The van der Waals surface area contributed by atoms with E-state index < -0.39 is 0 Å². The van der Waals surface area contributed by atoms with Gasteiger partial charge in [-0.15, -0.1) is 0 Å². The zero-order chi connectivity index (χ0) is 18.8. The maximum absolute atomic E-state index is 12.1. The molecule has 0 saturated carbocycles. The number of ether oxygens (including phenoxy) is 1. The number of furan rings is 1. The van der Waals surface area contributed by atoms with Gasteiger partial charge in [-0.1, -0.05) is 0 Å². The Kier molecular flexibility index (Phi) is 4.64. The van der Waals surface area contributed by atoms with Crippen LogP contribution in [0.1, 0.15) is 29.2 Å². The molecule has 8 nitrogen and oxygen atoms in total. The summed E-state index contributed by atoms with van der Waals surface area (Å²) < 4.78 is 12.4. The molecule has 1 aromatic carbocycles. The number of benzene rings is 1. The van der Waals surface area contributed by atoms with E-state index in [4.69, 9.17) is 9.15 Å². The van der Waals surface area contributed by atoms with Gasteiger partial charge in [0.05, 0.1) is 23.8 Å². The van der Waals surface area contributed by atoms with Gasteiger partial charge in [-0.3, -0.25) is 9.59 Å². The van der Waals surface area contributed by atoms with Gasteiger partial charge in [0, 0.05) is 19.3 Å². The van der Waals surface area contributed by atoms with Crippen molar-refractivity contribution >= 4 is 28.5 Å². The average Bonchev–Trinajstić information content (AvgIpc) is 3.42. The van der Waals surface area contributed by atoms with E-state index in [1.807, 2.05) is 17.7 Å². The maximum atomic E-state index is 12.1. The summed E-state index contributed by atoms with van der Waals surface area (Å²) in [7, 11) is 1.89. The standard InChI is InChI=1S/C19H20N4O4/c1-23-14-7-6-12(21-19(25)16-5-3-9-27-16)10-13(14)22-17(23)11-20-18(24)15-4-2-8-26-15/h3,5-7,9-10,15H,2,4,8,11H2,1H3,(H,20,24)(H,21,25)/t15-/m0/s1. The van der Waals surface area contributed by atoms with Gasteiger partial charge in [0.25, 0.3) is 5.91 Å². The molecule has 2 N–H and O–H groups in total. The molecule has 0 spiro atoms. The molecule has 1 atom stereocenters. The van der Waals surface area contributed by atoms with Crippen molar-refractivity contribution < 1.29 is 18.7 Å². The van der Waals surface area contributed by atoms with Crippen molar-refractivity contribution in [2.24, 2.45) is 7.05 Å². The summed E-state index contributed by atoms with van der Waals surface area (Å²) in [6, 6.07) is 8.74. The number of nitrogens with one attached hydrogen (secondary N) is 2. The van der Waals surface area contributed by atoms with E-state index in [0.717, 1.165) is 29.7 Å². The van der Waals surface area contributed by atoms with Crippen molar-refractivity contribution in [3.8, 4) is 0 Å². The van der Waals surface area contributed by atoms with Crippen LogP contribution in [0.4, 0.5) is 5.69 Å². The highest BCUT2D eigenvalue weighted by molar-refractivity contribution is 6.03. The Bertz CT molecular complexity index is 971. The van der Waals surface area contributed by atoms with Crippen molar-refractivity contribution in [1.29, 1.82) is 0 Å². The second kappa shape index (κ2) is 7.24. The molecule has 2 amide bonds. The van der Waals surface area contributed by atoms with Crippen LogP contribution in [0.15, 0.2) is 41.0 Å². The fourth-order valence-corrected chi connectivity index (χ4v) is 3.15. The monoisotopic (exact) mass is 368 g/mol. The van der Waals surface area contributed by atoms with Crippen LogP contribution in [0.25, 0.3) is 11.0 Å². The maximum Gasteiger partial charge on any atom is 0.291 e. The van der Waals surface area contributed by atoms with Gasteiger partial charge in [0.15, 0.2) is 5.76 Å². The van der Waals surface area contributed by atoms with E-state index in [1.54, 1.807) is 24.3 Å². The predicted octanol–water partition coefficient (Wildman–Crippen LogP) is 2.21. The number of anilines is 1. The molecule has 8 heteroatoms. The van der Waals surface area contributed by atoms with E-state index in [9.17, 15) is 9.59 Å². The lowest BCUT2D eigenvalue weighted by Gasteiger charge is -2.10. The number of carbonyl (C=O) groups excluding carboxylic acids is 2. The molecule has 0 unspecified atom stereocenters. The Balaban J connectivity index is 1.47. The van der Waals surface area contributed by atoms with Crippen molar-refractivity contribution in [3.05, 3.63) is 48.2 Å². The van der Waals surface area contributed by atoms with Crippen molar-refractivity contribution in [1.82, 2.24) is 14.9 Å². The summed E-state index contributed by atoms with van der Waals surface area (Å²) >= 11 is 0. The Labute approximate surface area is 155 Å². The number of hydrogen-bond acceptors (Lipinski definition) is 5. The molecule has 1 aliphatic rings. The number of aromatic nitrogens is 2. The van der Waals surface area contributed by atoms with Crippen LogP contribution in [0.3, 0.4) is 0 Å². The highest BCUT2D eigenvalue weighted by Gasteiger charge is 2.23. The average molecular weight is 368 g/mol. The fraction of sp³-hybridized carbons (Fsp3) is 0.316. The lowest BCUT2D eigenvalue weighted by atomic mass is 10.2. The molecular formula is C19H20N4O4. The number of aryl methyl sites for hydroxylation is 1. The second-order valence-corrected chi connectivity index (χ2v) is 6.44. The molecule has 0 radical (unpaired) electrons. The summed E-state index contributed by atoms with van der Waals surface area (Å²) in [6.45, 7) is 0.953. The first kappa shape index (κ1) is 17.3. The normalized spacial score (nSPS) is 16.6. The van der Waals surface area contributed by atoms with Gasteiger partial charge in [0.2, 0.25) is 5.91 Å². The van der Waals surface area contributed by atoms with E-state index in [0.29, 0.717) is 18.8 Å². The summed E-state index contributed by atoms with van der Waals surface area (Å²) in [5.74, 6) is 0.546. The molecular weight excluding hydrogens is 348 g/mol. The molecule has 3 aromatic rings. The molecule has 1 aliphatic heterocycles. The van der Waals surface area contributed by atoms with Crippen LogP contribution in [0, 0.1) is 0 Å². The predicted molar refractivity (Wildman–Crippen MR) is 98.2 cm³/mol. The van der Waals surface area contributed by atoms with Crippen LogP contribution in [-0.2, 0) is 23.1 Å². The highest BCUT2D eigenvalue weighted by atomic mass is 16.5. The van der Waals surface area contributed by atoms with E-state index in [1.165, 1.54) is 6.26 Å². The van der Waals surface area contributed by atoms with Crippen molar-refractivity contribution in [2.45, 2.75) is 25.5 Å². The first-order valence-electron chi connectivity index (χ1n) is 8.81. The molecule has 1 saturated heterocycles. The molecule has 2 aromatic heterocycles. The zero-order valence-corrected chi connectivity index (χ0v) is 14.9. The van der Waals surface area contributed by atoms with E-state index in [2.05, 4.69) is 15.6 Å². The lowest BCUT2D eigenvalue weighted by Crippen LogP contribution is -2.34. The van der Waals surface area contributed by atoms with Gasteiger partial charge in [0.1, 0.15) is 11.9 Å². The minimum Gasteiger partial charge on any atom is -0.459 e. The number of amides is 2. The molecule has 1 fully saturated rings. The molecule has 0 bridgehead atoms. The SMILES string of the molecule is Cn1c(CNC(=O)[C@@H]2CCCO2)nc2cc(NC(=O)c3ccco3)ccc21. The third-order valence-corrected chi connectivity index (χ3v) is 4.62. The summed E-state index contributed by atoms with van der Waals surface area (Å²) in [5, 5.41) is 5.66. The largest absolute Gasteiger partial charge is 0.459 e. The Morgan fingerprint density at radius 3 is 2.96 bits per heavy atom. The Morgan fingerprint density at radius 1 is 1.33 bits per heavy atom. The number of hydrogen-bond donors (Lipinski definition) is 2. The molecule has 27 heavy (non-hydrogen) atoms. The Hall–Kier alpha value is -3.13. The third-order valence-electron chi connectivity index (χ3n) is 4.62. The van der Waals surface area contributed by atoms with Gasteiger partial charge in [-0.2, -0.15) is 0 Å². The van der Waals surface area contributed by atoms with Crippen LogP contribution in [0.2, 0.25) is 0 Å². The number of carbonyl (C=O) groups is 2. The molecule has 140 valence electrons. The van der Waals surface area contributed by atoms with Crippen LogP contribution in [-0.4, -0.2) is 34.1 Å². The topological polar surface area (TPSA) is 98.4 Å². The van der Waals surface area contributed by atoms with Crippen LogP contribution < -0.4 is 10.6 Å². The first-order chi connectivity index (χ1) is 13.1. The molecule has 3 heterocycles. The van der Waals surface area contributed by atoms with Gasteiger partial charge in [-0.05, 0) is 43.2 Å². The highest BCUT2D eigenvalue weighted by Crippen LogP contribution is 2.20. The smallest absolute Gasteiger partial charge is 0.291 e. The molecule has 4 rings (SSSR count). The summed E-state index contributed by atoms with van der Waals surface area (Å²) in [5.41, 5.74) is 2.26. The minimum absolute atomic E-state index is 0.106. The Morgan fingerprint density at radius 2 is 2.22 bits per heavy atom. The third kappa shape index (κ3) is 3.56. The van der Waals surface area contributed by atoms with Crippen LogP contribution in [0.5, 0.6) is 0 Å². The quantitative estimate of drug-likeness (QED) is 0.719. The van der Waals surface area contributed by atoms with Crippen LogP contribution >= 0.6 is 0 Å². The van der Waals surface area contributed by atoms with Crippen molar-refractivity contribution in [2.75, 3.05) is 11.9 Å². The number of rotatable bonds is 5. The number of imidazole rings is 1.